The number of carbonyl (C=O) groups excluding carboxylic acids is 2. The minimum atomic E-state index is -0.326. The van der Waals surface area contributed by atoms with Crippen LogP contribution in [0.15, 0.2) is 29.0 Å². The fraction of sp³-hybridized carbons (Fsp3) is 0.368. The monoisotopic (exact) mass is 382 g/mol. The van der Waals surface area contributed by atoms with E-state index in [9.17, 15) is 9.59 Å². The highest BCUT2D eigenvalue weighted by atomic mass is 32.1. The van der Waals surface area contributed by atoms with Crippen molar-refractivity contribution in [3.63, 3.8) is 0 Å². The molecule has 2 aromatic heterocycles. The summed E-state index contributed by atoms with van der Waals surface area (Å²) in [5.74, 6) is -0.339. The SMILES string of the molecule is Cc1ccc2nc(N3CC(C(=O)N4CCc5nocc5C4)CC3=O)sc2c1. The maximum atomic E-state index is 13.0. The molecule has 8 heteroatoms. The summed E-state index contributed by atoms with van der Waals surface area (Å²) in [4.78, 5) is 33.6. The number of anilines is 1. The summed E-state index contributed by atoms with van der Waals surface area (Å²) in [7, 11) is 0. The van der Waals surface area contributed by atoms with E-state index in [-0.39, 0.29) is 24.2 Å². The molecule has 2 aliphatic rings. The Morgan fingerprint density at radius 2 is 2.26 bits per heavy atom. The van der Waals surface area contributed by atoms with Gasteiger partial charge in [0, 0.05) is 31.5 Å². The summed E-state index contributed by atoms with van der Waals surface area (Å²) in [6.07, 6.45) is 2.53. The Morgan fingerprint density at radius 1 is 1.37 bits per heavy atom. The zero-order valence-corrected chi connectivity index (χ0v) is 15.7. The van der Waals surface area contributed by atoms with Crippen molar-refractivity contribution in [2.24, 2.45) is 5.92 Å². The molecule has 4 heterocycles. The van der Waals surface area contributed by atoms with Crippen molar-refractivity contribution in [1.29, 1.82) is 0 Å². The Balaban J connectivity index is 1.34. The molecule has 0 saturated carbocycles. The third-order valence-corrected chi connectivity index (χ3v) is 6.30. The largest absolute Gasteiger partial charge is 0.364 e. The number of aromatic nitrogens is 2. The van der Waals surface area contributed by atoms with Crippen LogP contribution >= 0.6 is 11.3 Å². The van der Waals surface area contributed by atoms with E-state index in [4.69, 9.17) is 4.52 Å². The van der Waals surface area contributed by atoms with Gasteiger partial charge in [-0.1, -0.05) is 22.6 Å². The molecular weight excluding hydrogens is 364 g/mol. The smallest absolute Gasteiger partial charge is 0.229 e. The second kappa shape index (κ2) is 6.16. The zero-order valence-electron chi connectivity index (χ0n) is 14.8. The Hall–Kier alpha value is -2.74. The van der Waals surface area contributed by atoms with Crippen LogP contribution < -0.4 is 4.90 Å². The van der Waals surface area contributed by atoms with Crippen LogP contribution in [-0.4, -0.2) is 39.9 Å². The van der Waals surface area contributed by atoms with Crippen LogP contribution in [0.25, 0.3) is 10.2 Å². The van der Waals surface area contributed by atoms with Crippen molar-refractivity contribution in [1.82, 2.24) is 15.0 Å². The van der Waals surface area contributed by atoms with Gasteiger partial charge in [0.2, 0.25) is 11.8 Å². The van der Waals surface area contributed by atoms with Crippen LogP contribution in [0.3, 0.4) is 0 Å². The molecule has 27 heavy (non-hydrogen) atoms. The van der Waals surface area contributed by atoms with Gasteiger partial charge < -0.3 is 9.42 Å². The molecule has 3 aromatic rings. The number of carbonyl (C=O) groups is 2. The number of hydrogen-bond acceptors (Lipinski definition) is 6. The van der Waals surface area contributed by atoms with Gasteiger partial charge in [0.05, 0.1) is 28.4 Å². The second-order valence-corrected chi connectivity index (χ2v) is 8.18. The predicted octanol–water partition coefficient (Wildman–Crippen LogP) is 2.53. The van der Waals surface area contributed by atoms with Crippen LogP contribution in [0, 0.1) is 12.8 Å². The summed E-state index contributed by atoms with van der Waals surface area (Å²) in [5, 5.41) is 4.63. The maximum Gasteiger partial charge on any atom is 0.229 e. The third-order valence-electron chi connectivity index (χ3n) is 5.26. The van der Waals surface area contributed by atoms with E-state index >= 15 is 0 Å². The topological polar surface area (TPSA) is 79.5 Å². The van der Waals surface area contributed by atoms with Crippen molar-refractivity contribution < 1.29 is 14.1 Å². The molecular formula is C19H18N4O3S. The van der Waals surface area contributed by atoms with E-state index in [1.54, 1.807) is 11.2 Å². The quantitative estimate of drug-likeness (QED) is 0.680. The third kappa shape index (κ3) is 2.80. The van der Waals surface area contributed by atoms with Crippen molar-refractivity contribution >= 4 is 38.5 Å². The normalized spacial score (nSPS) is 19.7. The summed E-state index contributed by atoms with van der Waals surface area (Å²) in [5.41, 5.74) is 3.93. The number of aryl methyl sites for hydroxylation is 1. The van der Waals surface area contributed by atoms with E-state index in [0.29, 0.717) is 31.2 Å². The molecule has 7 nitrogen and oxygen atoms in total. The Morgan fingerprint density at radius 3 is 3.15 bits per heavy atom. The molecule has 0 bridgehead atoms. The molecule has 138 valence electrons. The molecule has 5 rings (SSSR count). The molecule has 1 saturated heterocycles. The lowest BCUT2D eigenvalue weighted by Crippen LogP contribution is -2.40. The molecule has 1 atom stereocenters. The summed E-state index contributed by atoms with van der Waals surface area (Å²) in [6.45, 7) is 3.55. The molecule has 1 unspecified atom stereocenters. The molecule has 0 radical (unpaired) electrons. The molecule has 0 spiro atoms. The summed E-state index contributed by atoms with van der Waals surface area (Å²) in [6, 6.07) is 6.06. The highest BCUT2D eigenvalue weighted by Gasteiger charge is 2.39. The highest BCUT2D eigenvalue weighted by molar-refractivity contribution is 7.22. The number of benzene rings is 1. The number of rotatable bonds is 2. The molecule has 1 aromatic carbocycles. The van der Waals surface area contributed by atoms with Crippen molar-refractivity contribution in [2.45, 2.75) is 26.3 Å². The molecule has 2 amide bonds. The Bertz CT molecular complexity index is 1060. The van der Waals surface area contributed by atoms with Gasteiger partial charge >= 0.3 is 0 Å². The van der Waals surface area contributed by atoms with Gasteiger partial charge in [0.15, 0.2) is 5.13 Å². The predicted molar refractivity (Wildman–Crippen MR) is 100 cm³/mol. The first-order chi connectivity index (χ1) is 13.1. The number of thiazole rings is 1. The van der Waals surface area contributed by atoms with E-state index in [1.807, 2.05) is 24.0 Å². The number of nitrogens with zero attached hydrogens (tertiary/aromatic N) is 4. The number of hydrogen-bond donors (Lipinski definition) is 0. The van der Waals surface area contributed by atoms with E-state index < -0.39 is 0 Å². The second-order valence-electron chi connectivity index (χ2n) is 7.17. The average Bonchev–Trinajstić information content (AvgIpc) is 3.37. The lowest BCUT2D eigenvalue weighted by atomic mass is 10.0. The maximum absolute atomic E-state index is 13.0. The Labute approximate surface area is 159 Å². The lowest BCUT2D eigenvalue weighted by Gasteiger charge is -2.28. The van der Waals surface area contributed by atoms with Crippen LogP contribution in [0.1, 0.15) is 23.2 Å². The first-order valence-electron chi connectivity index (χ1n) is 8.97. The molecule has 0 aliphatic carbocycles. The fourth-order valence-electron chi connectivity index (χ4n) is 3.78. The minimum absolute atomic E-state index is 0.0228. The standard InChI is InChI=1S/C19H18N4O3S/c1-11-2-3-15-16(6-11)27-19(20-15)23-9-12(7-17(23)24)18(25)22-5-4-14-13(8-22)10-26-21-14/h2-3,6,10,12H,4-5,7-9H2,1H3. The zero-order chi connectivity index (χ0) is 18.5. The average molecular weight is 382 g/mol. The Kier molecular flexibility index (Phi) is 3.75. The fourth-order valence-corrected chi connectivity index (χ4v) is 4.87. The van der Waals surface area contributed by atoms with Gasteiger partial charge in [-0.05, 0) is 24.6 Å². The van der Waals surface area contributed by atoms with Gasteiger partial charge in [-0.25, -0.2) is 4.98 Å². The molecule has 0 N–H and O–H groups in total. The van der Waals surface area contributed by atoms with Crippen molar-refractivity contribution in [3.05, 3.63) is 41.3 Å². The van der Waals surface area contributed by atoms with Gasteiger partial charge in [0.1, 0.15) is 6.26 Å². The lowest BCUT2D eigenvalue weighted by molar-refractivity contribution is -0.136. The first kappa shape index (κ1) is 16.4. The van der Waals surface area contributed by atoms with Crippen LogP contribution in [-0.2, 0) is 22.6 Å². The van der Waals surface area contributed by atoms with Gasteiger partial charge in [0.25, 0.3) is 0 Å². The number of amides is 2. The molecule has 2 aliphatic heterocycles. The van der Waals surface area contributed by atoms with Crippen LogP contribution in [0.2, 0.25) is 0 Å². The molecule has 1 fully saturated rings. The van der Waals surface area contributed by atoms with Crippen LogP contribution in [0.5, 0.6) is 0 Å². The highest BCUT2D eigenvalue weighted by Crippen LogP contribution is 2.34. The van der Waals surface area contributed by atoms with Gasteiger partial charge in [-0.15, -0.1) is 0 Å². The number of fused-ring (bicyclic) bond motifs is 2. The van der Waals surface area contributed by atoms with Crippen molar-refractivity contribution in [3.8, 4) is 0 Å². The van der Waals surface area contributed by atoms with Crippen molar-refractivity contribution in [2.75, 3.05) is 18.0 Å². The van der Waals surface area contributed by atoms with E-state index in [1.165, 1.54) is 11.3 Å². The van der Waals surface area contributed by atoms with E-state index in [2.05, 4.69) is 16.2 Å². The van der Waals surface area contributed by atoms with Gasteiger partial charge in [-0.2, -0.15) is 0 Å². The van der Waals surface area contributed by atoms with E-state index in [0.717, 1.165) is 27.0 Å². The minimum Gasteiger partial charge on any atom is -0.364 e. The van der Waals surface area contributed by atoms with Gasteiger partial charge in [-0.3, -0.25) is 14.5 Å². The summed E-state index contributed by atoms with van der Waals surface area (Å²) < 4.78 is 6.05. The first-order valence-corrected chi connectivity index (χ1v) is 9.78. The van der Waals surface area contributed by atoms with Crippen LogP contribution in [0.4, 0.5) is 5.13 Å². The summed E-state index contributed by atoms with van der Waals surface area (Å²) >= 11 is 1.50.